The maximum atomic E-state index is 5.89. The van der Waals surface area contributed by atoms with Crippen LogP contribution in [0, 0.1) is 0 Å². The molecule has 0 atom stereocenters. The number of nitrogens with zero attached hydrogens (tertiary/aromatic N) is 3. The Morgan fingerprint density at radius 1 is 1.11 bits per heavy atom. The third-order valence-electron chi connectivity index (χ3n) is 2.90. The van der Waals surface area contributed by atoms with E-state index >= 15 is 0 Å². The lowest BCUT2D eigenvalue weighted by molar-refractivity contribution is 1.21. The molecule has 1 aromatic carbocycles. The summed E-state index contributed by atoms with van der Waals surface area (Å²) in [5.74, 6) is 0.723. The molecule has 0 unspecified atom stereocenters. The summed E-state index contributed by atoms with van der Waals surface area (Å²) in [6.07, 6.45) is 3.59. The minimum absolute atomic E-state index is 0.242. The summed E-state index contributed by atoms with van der Waals surface area (Å²) < 4.78 is 0. The highest BCUT2D eigenvalue weighted by Crippen LogP contribution is 2.27. The average Bonchev–Trinajstić information content (AvgIpc) is 2.46. The summed E-state index contributed by atoms with van der Waals surface area (Å²) >= 11 is 5.89. The molecule has 1 N–H and O–H groups in total. The van der Waals surface area contributed by atoms with Gasteiger partial charge < -0.3 is 5.32 Å². The zero-order chi connectivity index (χ0) is 13.2. The van der Waals surface area contributed by atoms with Crippen molar-refractivity contribution < 1.29 is 0 Å². The van der Waals surface area contributed by atoms with E-state index in [9.17, 15) is 0 Å². The van der Waals surface area contributed by atoms with Crippen molar-refractivity contribution >= 4 is 28.3 Å². The van der Waals surface area contributed by atoms with Crippen LogP contribution >= 0.6 is 11.6 Å². The third kappa shape index (κ3) is 2.22. The average molecular weight is 271 g/mol. The van der Waals surface area contributed by atoms with Gasteiger partial charge in [0.15, 0.2) is 0 Å². The second-order valence-electron chi connectivity index (χ2n) is 4.06. The van der Waals surface area contributed by atoms with Gasteiger partial charge in [0.2, 0.25) is 5.28 Å². The Labute approximate surface area is 115 Å². The molecule has 0 spiro atoms. The number of hydrogen-bond donors (Lipinski definition) is 1. The van der Waals surface area contributed by atoms with Gasteiger partial charge in [-0.1, -0.05) is 12.1 Å². The molecule has 0 saturated heterocycles. The first-order valence-electron chi connectivity index (χ1n) is 5.83. The summed E-state index contributed by atoms with van der Waals surface area (Å²) in [5, 5.41) is 4.22. The fourth-order valence-electron chi connectivity index (χ4n) is 2.00. The molecule has 0 aliphatic heterocycles. The van der Waals surface area contributed by atoms with Crippen molar-refractivity contribution in [3.63, 3.8) is 0 Å². The fourth-order valence-corrected chi connectivity index (χ4v) is 2.18. The lowest BCUT2D eigenvalue weighted by Crippen LogP contribution is -1.96. The quantitative estimate of drug-likeness (QED) is 0.725. The van der Waals surface area contributed by atoms with E-state index in [2.05, 4.69) is 20.3 Å². The highest BCUT2D eigenvalue weighted by atomic mass is 35.5. The Hall–Kier alpha value is -2.20. The van der Waals surface area contributed by atoms with Gasteiger partial charge in [0.05, 0.1) is 5.52 Å². The number of anilines is 1. The molecule has 3 rings (SSSR count). The van der Waals surface area contributed by atoms with Gasteiger partial charge in [-0.05, 0) is 35.4 Å². The van der Waals surface area contributed by atoms with Crippen LogP contribution in [0.5, 0.6) is 0 Å². The molecule has 94 valence electrons. The van der Waals surface area contributed by atoms with Crippen molar-refractivity contribution in [1.29, 1.82) is 0 Å². The first-order valence-corrected chi connectivity index (χ1v) is 6.21. The Bertz CT molecular complexity index is 728. The normalized spacial score (nSPS) is 10.6. The largest absolute Gasteiger partial charge is 0.372 e. The first kappa shape index (κ1) is 11.9. The second-order valence-corrected chi connectivity index (χ2v) is 4.40. The van der Waals surface area contributed by atoms with Crippen LogP contribution in [0.1, 0.15) is 0 Å². The molecule has 0 amide bonds. The molecular weight excluding hydrogens is 260 g/mol. The Kier molecular flexibility index (Phi) is 3.01. The molecule has 2 heterocycles. The van der Waals surface area contributed by atoms with Crippen molar-refractivity contribution in [3.05, 3.63) is 48.0 Å². The van der Waals surface area contributed by atoms with E-state index in [0.29, 0.717) is 0 Å². The van der Waals surface area contributed by atoms with Crippen LogP contribution < -0.4 is 5.32 Å². The van der Waals surface area contributed by atoms with E-state index in [-0.39, 0.29) is 5.28 Å². The molecule has 2 aromatic heterocycles. The number of pyridine rings is 1. The number of rotatable bonds is 2. The van der Waals surface area contributed by atoms with Crippen LogP contribution in [0.15, 0.2) is 42.7 Å². The van der Waals surface area contributed by atoms with Gasteiger partial charge in [-0.2, -0.15) is 0 Å². The number of aromatic nitrogens is 3. The highest BCUT2D eigenvalue weighted by Gasteiger charge is 2.07. The van der Waals surface area contributed by atoms with E-state index in [0.717, 1.165) is 27.8 Å². The van der Waals surface area contributed by atoms with Gasteiger partial charge >= 0.3 is 0 Å². The predicted molar refractivity (Wildman–Crippen MR) is 77.3 cm³/mol. The molecule has 5 heteroatoms. The number of nitrogens with one attached hydrogen (secondary N) is 1. The lowest BCUT2D eigenvalue weighted by Gasteiger charge is -2.07. The smallest absolute Gasteiger partial charge is 0.224 e. The van der Waals surface area contributed by atoms with Gasteiger partial charge in [-0.25, -0.2) is 9.97 Å². The Balaban J connectivity index is 2.23. The summed E-state index contributed by atoms with van der Waals surface area (Å²) in [6.45, 7) is 0. The molecule has 0 fully saturated rings. The minimum atomic E-state index is 0.242. The molecule has 19 heavy (non-hydrogen) atoms. The molecule has 0 aliphatic carbocycles. The molecule has 3 aromatic rings. The molecule has 0 saturated carbocycles. The van der Waals surface area contributed by atoms with E-state index in [1.54, 1.807) is 6.20 Å². The van der Waals surface area contributed by atoms with E-state index in [4.69, 9.17) is 11.6 Å². The van der Waals surface area contributed by atoms with Gasteiger partial charge in [-0.3, -0.25) is 4.98 Å². The maximum absolute atomic E-state index is 5.89. The van der Waals surface area contributed by atoms with Crippen molar-refractivity contribution in [3.8, 4) is 11.1 Å². The molecular formula is C14H11ClN4. The van der Waals surface area contributed by atoms with Crippen molar-refractivity contribution in [2.45, 2.75) is 0 Å². The predicted octanol–water partition coefficient (Wildman–Crippen LogP) is 3.39. The number of fused-ring (bicyclic) bond motifs is 1. The third-order valence-corrected chi connectivity index (χ3v) is 3.07. The van der Waals surface area contributed by atoms with Gasteiger partial charge in [-0.15, -0.1) is 0 Å². The molecule has 0 radical (unpaired) electrons. The highest BCUT2D eigenvalue weighted by molar-refractivity contribution is 6.28. The van der Waals surface area contributed by atoms with Crippen molar-refractivity contribution in [2.75, 3.05) is 12.4 Å². The zero-order valence-electron chi connectivity index (χ0n) is 10.3. The lowest BCUT2D eigenvalue weighted by atomic mass is 10.1. The summed E-state index contributed by atoms with van der Waals surface area (Å²) in [5.41, 5.74) is 2.95. The van der Waals surface area contributed by atoms with Crippen LogP contribution in [0.25, 0.3) is 22.0 Å². The van der Waals surface area contributed by atoms with E-state index in [1.807, 2.05) is 43.6 Å². The van der Waals surface area contributed by atoms with Crippen LogP contribution in [-0.4, -0.2) is 22.0 Å². The standard InChI is InChI=1S/C14H11ClN4/c1-16-13-11-7-9(10-3-2-6-17-8-10)4-5-12(11)18-14(15)19-13/h2-8H,1H3,(H,16,18,19). The van der Waals surface area contributed by atoms with Gasteiger partial charge in [0, 0.05) is 30.4 Å². The van der Waals surface area contributed by atoms with Crippen LogP contribution in [-0.2, 0) is 0 Å². The Morgan fingerprint density at radius 3 is 2.74 bits per heavy atom. The Morgan fingerprint density at radius 2 is 2.00 bits per heavy atom. The first-order chi connectivity index (χ1) is 9.28. The molecule has 4 nitrogen and oxygen atoms in total. The van der Waals surface area contributed by atoms with Crippen LogP contribution in [0.2, 0.25) is 5.28 Å². The van der Waals surface area contributed by atoms with Crippen molar-refractivity contribution in [1.82, 2.24) is 15.0 Å². The van der Waals surface area contributed by atoms with Crippen molar-refractivity contribution in [2.24, 2.45) is 0 Å². The molecule has 0 bridgehead atoms. The van der Waals surface area contributed by atoms with Crippen LogP contribution in [0.4, 0.5) is 5.82 Å². The van der Waals surface area contributed by atoms with Gasteiger partial charge in [0.25, 0.3) is 0 Å². The number of hydrogen-bond acceptors (Lipinski definition) is 4. The second kappa shape index (κ2) is 4.82. The van der Waals surface area contributed by atoms with E-state index < -0.39 is 0 Å². The monoisotopic (exact) mass is 270 g/mol. The van der Waals surface area contributed by atoms with E-state index in [1.165, 1.54) is 0 Å². The molecule has 0 aliphatic rings. The zero-order valence-corrected chi connectivity index (χ0v) is 11.0. The number of benzene rings is 1. The SMILES string of the molecule is CNc1nc(Cl)nc2ccc(-c3cccnc3)cc12. The maximum Gasteiger partial charge on any atom is 0.224 e. The minimum Gasteiger partial charge on any atom is -0.372 e. The summed E-state index contributed by atoms with van der Waals surface area (Å²) in [4.78, 5) is 12.5. The fraction of sp³-hybridized carbons (Fsp3) is 0.0714. The summed E-state index contributed by atoms with van der Waals surface area (Å²) in [6, 6.07) is 9.91. The number of halogens is 1. The topological polar surface area (TPSA) is 50.7 Å². The summed E-state index contributed by atoms with van der Waals surface area (Å²) in [7, 11) is 1.81. The van der Waals surface area contributed by atoms with Gasteiger partial charge in [0.1, 0.15) is 5.82 Å². The van der Waals surface area contributed by atoms with Crippen LogP contribution in [0.3, 0.4) is 0 Å².